The Morgan fingerprint density at radius 3 is 2.84 bits per heavy atom. The highest BCUT2D eigenvalue weighted by Gasteiger charge is 2.28. The number of hydrogen-bond donors (Lipinski definition) is 0. The zero-order valence-corrected chi connectivity index (χ0v) is 13.9. The van der Waals surface area contributed by atoms with Crippen molar-refractivity contribution < 1.29 is 9.53 Å². The number of carbonyl (C=O) groups excluding carboxylic acids is 1. The molecule has 6 nitrogen and oxygen atoms in total. The molecule has 2 aromatic heterocycles. The molecule has 0 N–H and O–H groups in total. The van der Waals surface area contributed by atoms with Crippen LogP contribution in [0.1, 0.15) is 24.6 Å². The molecule has 0 saturated carbocycles. The molecule has 0 spiro atoms. The molecule has 1 aliphatic rings. The SMILES string of the molecule is O=C(COc1ccccc1)N1CCC[C@@H](c2nnc3ccccn23)C1. The van der Waals surface area contributed by atoms with Gasteiger partial charge in [0.05, 0.1) is 0 Å². The molecule has 1 saturated heterocycles. The van der Waals surface area contributed by atoms with Gasteiger partial charge in [0.1, 0.15) is 11.6 Å². The van der Waals surface area contributed by atoms with Crippen LogP contribution in [0.5, 0.6) is 5.75 Å². The predicted molar refractivity (Wildman–Crippen MR) is 93.5 cm³/mol. The van der Waals surface area contributed by atoms with E-state index in [1.165, 1.54) is 0 Å². The number of benzene rings is 1. The van der Waals surface area contributed by atoms with Crippen molar-refractivity contribution in [2.24, 2.45) is 0 Å². The Balaban J connectivity index is 1.43. The lowest BCUT2D eigenvalue weighted by atomic mass is 9.97. The highest BCUT2D eigenvalue weighted by atomic mass is 16.5. The maximum atomic E-state index is 12.5. The van der Waals surface area contributed by atoms with Crippen LogP contribution in [-0.4, -0.2) is 45.1 Å². The smallest absolute Gasteiger partial charge is 0.260 e. The highest BCUT2D eigenvalue weighted by Crippen LogP contribution is 2.26. The molecule has 25 heavy (non-hydrogen) atoms. The van der Waals surface area contributed by atoms with E-state index in [1.807, 2.05) is 64.0 Å². The number of aromatic nitrogens is 3. The summed E-state index contributed by atoms with van der Waals surface area (Å²) in [7, 11) is 0. The summed E-state index contributed by atoms with van der Waals surface area (Å²) in [5, 5.41) is 8.57. The number of likely N-dealkylation sites (tertiary alicyclic amines) is 1. The van der Waals surface area contributed by atoms with Crippen molar-refractivity contribution in [3.8, 4) is 5.75 Å². The summed E-state index contributed by atoms with van der Waals surface area (Å²) in [4.78, 5) is 14.4. The molecule has 0 aliphatic carbocycles. The molecule has 1 atom stereocenters. The van der Waals surface area contributed by atoms with Crippen LogP contribution in [0.15, 0.2) is 54.7 Å². The first-order chi connectivity index (χ1) is 12.3. The van der Waals surface area contributed by atoms with Gasteiger partial charge in [-0.25, -0.2) is 0 Å². The maximum absolute atomic E-state index is 12.5. The van der Waals surface area contributed by atoms with Crippen LogP contribution in [0, 0.1) is 0 Å². The minimum atomic E-state index is 0.0161. The molecule has 4 rings (SSSR count). The molecule has 128 valence electrons. The van der Waals surface area contributed by atoms with Crippen molar-refractivity contribution in [2.75, 3.05) is 19.7 Å². The lowest BCUT2D eigenvalue weighted by Crippen LogP contribution is -2.42. The summed E-state index contributed by atoms with van der Waals surface area (Å²) in [5.74, 6) is 1.86. The van der Waals surface area contributed by atoms with Crippen LogP contribution in [0.2, 0.25) is 0 Å². The van der Waals surface area contributed by atoms with Crippen molar-refractivity contribution in [2.45, 2.75) is 18.8 Å². The molecular weight excluding hydrogens is 316 g/mol. The molecule has 3 heterocycles. The van der Waals surface area contributed by atoms with Crippen LogP contribution in [0.3, 0.4) is 0 Å². The number of carbonyl (C=O) groups is 1. The Hall–Kier alpha value is -2.89. The lowest BCUT2D eigenvalue weighted by Gasteiger charge is -2.31. The van der Waals surface area contributed by atoms with Gasteiger partial charge in [-0.1, -0.05) is 24.3 Å². The zero-order chi connectivity index (χ0) is 17.1. The van der Waals surface area contributed by atoms with Crippen LogP contribution < -0.4 is 4.74 Å². The van der Waals surface area contributed by atoms with Gasteiger partial charge >= 0.3 is 0 Å². The van der Waals surface area contributed by atoms with Gasteiger partial charge in [0, 0.05) is 25.2 Å². The fourth-order valence-electron chi connectivity index (χ4n) is 3.31. The van der Waals surface area contributed by atoms with Crippen LogP contribution >= 0.6 is 0 Å². The van der Waals surface area contributed by atoms with Crippen molar-refractivity contribution in [3.63, 3.8) is 0 Å². The maximum Gasteiger partial charge on any atom is 0.260 e. The molecule has 1 aromatic carbocycles. The van der Waals surface area contributed by atoms with E-state index in [4.69, 9.17) is 4.74 Å². The molecule has 1 aliphatic heterocycles. The number of ether oxygens (including phenoxy) is 1. The molecule has 3 aromatic rings. The van der Waals surface area contributed by atoms with Crippen molar-refractivity contribution in [1.82, 2.24) is 19.5 Å². The second-order valence-corrected chi connectivity index (χ2v) is 6.27. The number of rotatable bonds is 4. The van der Waals surface area contributed by atoms with Crippen molar-refractivity contribution in [1.29, 1.82) is 0 Å². The number of amides is 1. The number of fused-ring (bicyclic) bond motifs is 1. The predicted octanol–water partition coefficient (Wildman–Crippen LogP) is 2.51. The van der Waals surface area contributed by atoms with E-state index >= 15 is 0 Å². The average molecular weight is 336 g/mol. The van der Waals surface area contributed by atoms with Crippen LogP contribution in [0.25, 0.3) is 5.65 Å². The molecule has 0 unspecified atom stereocenters. The Morgan fingerprint density at radius 1 is 1.12 bits per heavy atom. The molecular formula is C19H20N4O2. The van der Waals surface area contributed by atoms with E-state index in [1.54, 1.807) is 0 Å². The number of piperidine rings is 1. The Morgan fingerprint density at radius 2 is 1.96 bits per heavy atom. The minimum absolute atomic E-state index is 0.0161. The van der Waals surface area contributed by atoms with Crippen LogP contribution in [-0.2, 0) is 4.79 Å². The van der Waals surface area contributed by atoms with E-state index < -0.39 is 0 Å². The van der Waals surface area contributed by atoms with Gasteiger partial charge < -0.3 is 9.64 Å². The molecule has 0 radical (unpaired) electrons. The Kier molecular flexibility index (Phi) is 4.33. The molecule has 0 bridgehead atoms. The Labute approximate surface area is 146 Å². The fraction of sp³-hybridized carbons (Fsp3) is 0.316. The van der Waals surface area contributed by atoms with E-state index in [2.05, 4.69) is 10.2 Å². The molecule has 1 amide bonds. The van der Waals surface area contributed by atoms with E-state index in [0.717, 1.165) is 30.9 Å². The van der Waals surface area contributed by atoms with Gasteiger partial charge in [0.2, 0.25) is 0 Å². The van der Waals surface area contributed by atoms with Crippen molar-refractivity contribution >= 4 is 11.6 Å². The third kappa shape index (κ3) is 3.33. The molecule has 6 heteroatoms. The third-order valence-electron chi connectivity index (χ3n) is 4.58. The first kappa shape index (κ1) is 15.6. The van der Waals surface area contributed by atoms with Crippen molar-refractivity contribution in [3.05, 3.63) is 60.6 Å². The van der Waals surface area contributed by atoms with E-state index in [0.29, 0.717) is 12.3 Å². The second kappa shape index (κ2) is 6.93. The fourth-order valence-corrected chi connectivity index (χ4v) is 3.31. The molecule has 1 fully saturated rings. The number of pyridine rings is 1. The first-order valence-electron chi connectivity index (χ1n) is 8.56. The lowest BCUT2D eigenvalue weighted by molar-refractivity contribution is -0.134. The van der Waals surface area contributed by atoms with Gasteiger partial charge in [0.15, 0.2) is 12.3 Å². The number of nitrogens with zero attached hydrogens (tertiary/aromatic N) is 4. The van der Waals surface area contributed by atoms with Gasteiger partial charge in [0.25, 0.3) is 5.91 Å². The quantitative estimate of drug-likeness (QED) is 0.734. The van der Waals surface area contributed by atoms with Gasteiger partial charge in [-0.15, -0.1) is 10.2 Å². The van der Waals surface area contributed by atoms with E-state index in [9.17, 15) is 4.79 Å². The first-order valence-corrected chi connectivity index (χ1v) is 8.56. The Bertz CT molecular complexity index is 862. The largest absolute Gasteiger partial charge is 0.484 e. The summed E-state index contributed by atoms with van der Waals surface area (Å²) in [6.07, 6.45) is 3.95. The standard InChI is InChI=1S/C19H20N4O2/c24-18(14-25-16-8-2-1-3-9-16)22-11-6-7-15(13-22)19-21-20-17-10-4-5-12-23(17)19/h1-5,8-10,12,15H,6-7,11,13-14H2/t15-/m1/s1. The van der Waals surface area contributed by atoms with Crippen LogP contribution in [0.4, 0.5) is 0 Å². The summed E-state index contributed by atoms with van der Waals surface area (Å²) in [5.41, 5.74) is 0.841. The normalized spacial score (nSPS) is 17.6. The number of para-hydroxylation sites is 1. The summed E-state index contributed by atoms with van der Waals surface area (Å²) in [6, 6.07) is 15.3. The topological polar surface area (TPSA) is 59.7 Å². The summed E-state index contributed by atoms with van der Waals surface area (Å²) in [6.45, 7) is 1.49. The number of hydrogen-bond acceptors (Lipinski definition) is 4. The summed E-state index contributed by atoms with van der Waals surface area (Å²) >= 11 is 0. The second-order valence-electron chi connectivity index (χ2n) is 6.27. The monoisotopic (exact) mass is 336 g/mol. The summed E-state index contributed by atoms with van der Waals surface area (Å²) < 4.78 is 7.61. The van der Waals surface area contributed by atoms with E-state index in [-0.39, 0.29) is 18.4 Å². The van der Waals surface area contributed by atoms with Gasteiger partial charge in [-0.2, -0.15) is 0 Å². The zero-order valence-electron chi connectivity index (χ0n) is 13.9. The average Bonchev–Trinajstić information content (AvgIpc) is 3.11. The third-order valence-corrected chi connectivity index (χ3v) is 4.58. The highest BCUT2D eigenvalue weighted by molar-refractivity contribution is 5.78. The minimum Gasteiger partial charge on any atom is -0.484 e. The van der Waals surface area contributed by atoms with Gasteiger partial charge in [-0.05, 0) is 37.1 Å². The van der Waals surface area contributed by atoms with Gasteiger partial charge in [-0.3, -0.25) is 9.20 Å².